The predicted octanol–water partition coefficient (Wildman–Crippen LogP) is 1.88. The molecule has 1 N–H and O–H groups in total. The minimum atomic E-state index is -0.459. The molecule has 0 spiro atoms. The molecule has 0 unspecified atom stereocenters. The molecule has 0 saturated heterocycles. The Bertz CT molecular complexity index is 241. The van der Waals surface area contributed by atoms with Crippen LogP contribution in [0.5, 0.6) is 0 Å². The molecule has 0 aliphatic heterocycles. The van der Waals surface area contributed by atoms with Gasteiger partial charge >= 0.3 is 5.97 Å². The van der Waals surface area contributed by atoms with Gasteiger partial charge in [-0.05, 0) is 26.7 Å². The summed E-state index contributed by atoms with van der Waals surface area (Å²) >= 11 is 0. The molecule has 0 aliphatic rings. The van der Waals surface area contributed by atoms with E-state index in [1.54, 1.807) is 0 Å². The van der Waals surface area contributed by atoms with Crippen LogP contribution in [0.4, 0.5) is 0 Å². The molecule has 0 fully saturated rings. The second-order valence-corrected chi connectivity index (χ2v) is 5.28. The Labute approximate surface area is 97.7 Å². The van der Waals surface area contributed by atoms with E-state index in [1.807, 2.05) is 34.6 Å². The van der Waals surface area contributed by atoms with Crippen LogP contribution in [0.25, 0.3) is 0 Å². The lowest BCUT2D eigenvalue weighted by atomic mass is 10.1. The van der Waals surface area contributed by atoms with Crippen LogP contribution < -0.4 is 5.32 Å². The van der Waals surface area contributed by atoms with E-state index in [-0.39, 0.29) is 18.3 Å². The number of carbonyl (C=O) groups is 2. The van der Waals surface area contributed by atoms with Crippen molar-refractivity contribution in [3.8, 4) is 0 Å². The van der Waals surface area contributed by atoms with Gasteiger partial charge in [0.1, 0.15) is 5.60 Å². The average Bonchev–Trinajstić information content (AvgIpc) is 1.98. The van der Waals surface area contributed by atoms with Crippen LogP contribution in [0, 0.1) is 5.92 Å². The summed E-state index contributed by atoms with van der Waals surface area (Å²) in [5.41, 5.74) is -0.459. The second-order valence-electron chi connectivity index (χ2n) is 5.28. The highest BCUT2D eigenvalue weighted by atomic mass is 16.6. The van der Waals surface area contributed by atoms with E-state index in [2.05, 4.69) is 5.32 Å². The molecule has 4 heteroatoms. The molecule has 16 heavy (non-hydrogen) atoms. The Morgan fingerprint density at radius 3 is 2.25 bits per heavy atom. The van der Waals surface area contributed by atoms with Gasteiger partial charge in [-0.15, -0.1) is 0 Å². The smallest absolute Gasteiger partial charge is 0.308 e. The normalized spacial score (nSPS) is 11.4. The number of ether oxygens (including phenoxy) is 1. The van der Waals surface area contributed by atoms with Gasteiger partial charge in [-0.25, -0.2) is 0 Å². The molecule has 0 aromatic rings. The summed E-state index contributed by atoms with van der Waals surface area (Å²) < 4.78 is 5.11. The van der Waals surface area contributed by atoms with Crippen molar-refractivity contribution in [2.24, 2.45) is 5.92 Å². The third-order valence-corrected chi connectivity index (χ3v) is 1.66. The summed E-state index contributed by atoms with van der Waals surface area (Å²) in [5.74, 6) is 0.0393. The summed E-state index contributed by atoms with van der Waals surface area (Å²) in [5, 5.41) is 2.69. The van der Waals surface area contributed by atoms with Gasteiger partial charge in [-0.3, -0.25) is 9.59 Å². The van der Waals surface area contributed by atoms with Crippen LogP contribution in [0.15, 0.2) is 0 Å². The zero-order valence-electron chi connectivity index (χ0n) is 10.9. The summed E-state index contributed by atoms with van der Waals surface area (Å²) in [6.45, 7) is 9.77. The van der Waals surface area contributed by atoms with Crippen LogP contribution >= 0.6 is 0 Å². The van der Waals surface area contributed by atoms with Gasteiger partial charge < -0.3 is 10.1 Å². The standard InChI is InChI=1S/C12H23NO3/c1-9(2)8-10(14)13-7-6-11(15)16-12(3,4)5/h9H,6-8H2,1-5H3,(H,13,14). The molecule has 0 radical (unpaired) electrons. The number of amides is 1. The monoisotopic (exact) mass is 229 g/mol. The molecule has 1 amide bonds. The Balaban J connectivity index is 3.66. The van der Waals surface area contributed by atoms with Gasteiger partial charge in [0.2, 0.25) is 5.91 Å². The van der Waals surface area contributed by atoms with E-state index >= 15 is 0 Å². The zero-order valence-corrected chi connectivity index (χ0v) is 10.9. The average molecular weight is 229 g/mol. The van der Waals surface area contributed by atoms with Crippen molar-refractivity contribution < 1.29 is 14.3 Å². The Kier molecular flexibility index (Phi) is 6.08. The Morgan fingerprint density at radius 1 is 1.25 bits per heavy atom. The van der Waals surface area contributed by atoms with Crippen molar-refractivity contribution >= 4 is 11.9 Å². The number of nitrogens with one attached hydrogen (secondary N) is 1. The van der Waals surface area contributed by atoms with E-state index < -0.39 is 5.60 Å². The predicted molar refractivity (Wildman–Crippen MR) is 62.9 cm³/mol. The van der Waals surface area contributed by atoms with Crippen molar-refractivity contribution in [3.63, 3.8) is 0 Å². The van der Waals surface area contributed by atoms with Gasteiger partial charge in [0.25, 0.3) is 0 Å². The molecular formula is C12H23NO3. The maximum absolute atomic E-state index is 11.3. The molecule has 94 valence electrons. The van der Waals surface area contributed by atoms with Crippen molar-refractivity contribution in [3.05, 3.63) is 0 Å². The van der Waals surface area contributed by atoms with Crippen LogP contribution in [-0.4, -0.2) is 24.0 Å². The van der Waals surface area contributed by atoms with E-state index in [1.165, 1.54) is 0 Å². The Morgan fingerprint density at radius 2 is 1.81 bits per heavy atom. The van der Waals surface area contributed by atoms with Crippen LogP contribution in [0.3, 0.4) is 0 Å². The van der Waals surface area contributed by atoms with Gasteiger partial charge in [0.15, 0.2) is 0 Å². The molecule has 0 saturated carbocycles. The van der Waals surface area contributed by atoms with Gasteiger partial charge in [0.05, 0.1) is 6.42 Å². The lowest BCUT2D eigenvalue weighted by Gasteiger charge is -2.19. The quantitative estimate of drug-likeness (QED) is 0.732. The molecule has 0 aromatic carbocycles. The third-order valence-electron chi connectivity index (χ3n) is 1.66. The molecule has 0 bridgehead atoms. The van der Waals surface area contributed by atoms with Crippen molar-refractivity contribution in [1.82, 2.24) is 5.32 Å². The van der Waals surface area contributed by atoms with Crippen LogP contribution in [0.2, 0.25) is 0 Å². The van der Waals surface area contributed by atoms with Crippen molar-refractivity contribution in [1.29, 1.82) is 0 Å². The second kappa shape index (κ2) is 6.51. The zero-order chi connectivity index (χ0) is 12.8. The SMILES string of the molecule is CC(C)CC(=O)NCCC(=O)OC(C)(C)C. The van der Waals surface area contributed by atoms with Gasteiger partial charge in [0, 0.05) is 13.0 Å². The first-order chi connectivity index (χ1) is 7.20. The third kappa shape index (κ3) is 9.49. The maximum atomic E-state index is 11.3. The first-order valence-corrected chi connectivity index (χ1v) is 5.69. The lowest BCUT2D eigenvalue weighted by Crippen LogP contribution is -2.30. The highest BCUT2D eigenvalue weighted by Crippen LogP contribution is 2.07. The maximum Gasteiger partial charge on any atom is 0.308 e. The molecular weight excluding hydrogens is 206 g/mol. The summed E-state index contributed by atoms with van der Waals surface area (Å²) in [7, 11) is 0. The fourth-order valence-electron chi connectivity index (χ4n) is 1.14. The highest BCUT2D eigenvalue weighted by Gasteiger charge is 2.15. The lowest BCUT2D eigenvalue weighted by molar-refractivity contribution is -0.154. The van der Waals surface area contributed by atoms with Crippen molar-refractivity contribution in [2.45, 2.75) is 53.1 Å². The van der Waals surface area contributed by atoms with Crippen LogP contribution in [-0.2, 0) is 14.3 Å². The first kappa shape index (κ1) is 14.9. The van der Waals surface area contributed by atoms with E-state index in [0.717, 1.165) is 0 Å². The molecule has 4 nitrogen and oxygen atoms in total. The van der Waals surface area contributed by atoms with Crippen molar-refractivity contribution in [2.75, 3.05) is 6.54 Å². The number of esters is 1. The molecule has 0 aromatic heterocycles. The van der Waals surface area contributed by atoms with E-state index in [0.29, 0.717) is 18.9 Å². The topological polar surface area (TPSA) is 55.4 Å². The van der Waals surface area contributed by atoms with Gasteiger partial charge in [-0.2, -0.15) is 0 Å². The summed E-state index contributed by atoms with van der Waals surface area (Å²) in [4.78, 5) is 22.5. The fraction of sp³-hybridized carbons (Fsp3) is 0.833. The number of hydrogen-bond acceptors (Lipinski definition) is 3. The first-order valence-electron chi connectivity index (χ1n) is 5.69. The molecule has 0 aliphatic carbocycles. The number of hydrogen-bond donors (Lipinski definition) is 1. The minimum absolute atomic E-state index is 0.0152. The fourth-order valence-corrected chi connectivity index (χ4v) is 1.14. The molecule has 0 rings (SSSR count). The highest BCUT2D eigenvalue weighted by molar-refractivity contribution is 5.77. The largest absolute Gasteiger partial charge is 0.460 e. The molecule has 0 heterocycles. The van der Waals surface area contributed by atoms with Crippen LogP contribution in [0.1, 0.15) is 47.5 Å². The summed E-state index contributed by atoms with van der Waals surface area (Å²) in [6, 6.07) is 0. The number of rotatable bonds is 5. The Hall–Kier alpha value is -1.06. The number of carbonyl (C=O) groups excluding carboxylic acids is 2. The van der Waals surface area contributed by atoms with Gasteiger partial charge in [-0.1, -0.05) is 13.8 Å². The van der Waals surface area contributed by atoms with E-state index in [9.17, 15) is 9.59 Å². The molecule has 0 atom stereocenters. The summed E-state index contributed by atoms with van der Waals surface area (Å²) in [6.07, 6.45) is 0.718. The minimum Gasteiger partial charge on any atom is -0.460 e. The van der Waals surface area contributed by atoms with E-state index in [4.69, 9.17) is 4.74 Å².